The predicted octanol–water partition coefficient (Wildman–Crippen LogP) is 4.00. The van der Waals surface area contributed by atoms with E-state index in [4.69, 9.17) is 23.2 Å². The first-order chi connectivity index (χ1) is 10.9. The molecule has 0 aliphatic rings. The molecule has 0 aliphatic heterocycles. The number of carbonyl (C=O) groups excluding carboxylic acids is 2. The zero-order valence-electron chi connectivity index (χ0n) is 12.3. The summed E-state index contributed by atoms with van der Waals surface area (Å²) in [5, 5.41) is 9.24. The Kier molecular flexibility index (Phi) is 5.84. The van der Waals surface area contributed by atoms with Crippen molar-refractivity contribution in [2.45, 2.75) is 6.92 Å². The summed E-state index contributed by atoms with van der Waals surface area (Å²) >= 11 is 11.7. The van der Waals surface area contributed by atoms with Gasteiger partial charge in [0.05, 0.1) is 16.6 Å². The molecular weight excluding hydrogens is 337 g/mol. The number of benzene rings is 2. The topological polar surface area (TPSA) is 70.2 Å². The first-order valence-corrected chi connectivity index (χ1v) is 7.56. The summed E-state index contributed by atoms with van der Waals surface area (Å²) in [4.78, 5) is 22.8. The fourth-order valence-electron chi connectivity index (χ4n) is 1.83. The van der Waals surface area contributed by atoms with Gasteiger partial charge in [0.25, 0.3) is 0 Å². The highest BCUT2D eigenvalue weighted by Crippen LogP contribution is 2.24. The molecule has 0 radical (unpaired) electrons. The summed E-state index contributed by atoms with van der Waals surface area (Å²) in [6.07, 6.45) is 0. The molecule has 0 bridgehead atoms. The van der Waals surface area contributed by atoms with Crippen molar-refractivity contribution < 1.29 is 9.59 Å². The fraction of sp³-hybridized carbons (Fsp3) is 0.125. The van der Waals surface area contributed by atoms with Crippen LogP contribution in [-0.4, -0.2) is 18.4 Å². The van der Waals surface area contributed by atoms with Crippen molar-refractivity contribution in [3.8, 4) is 0 Å². The predicted molar refractivity (Wildman–Crippen MR) is 94.3 cm³/mol. The highest BCUT2D eigenvalue weighted by Gasteiger charge is 2.04. The Morgan fingerprint density at radius 3 is 2.00 bits per heavy atom. The molecule has 7 heteroatoms. The van der Waals surface area contributed by atoms with Gasteiger partial charge in [-0.15, -0.1) is 0 Å². The average molecular weight is 352 g/mol. The summed E-state index contributed by atoms with van der Waals surface area (Å²) in [5.41, 5.74) is 2.01. The normalized spacial score (nSPS) is 10.0. The van der Waals surface area contributed by atoms with Gasteiger partial charge < -0.3 is 16.0 Å². The highest BCUT2D eigenvalue weighted by atomic mass is 35.5. The van der Waals surface area contributed by atoms with Crippen LogP contribution in [0.15, 0.2) is 42.5 Å². The smallest absolute Gasteiger partial charge is 0.243 e. The van der Waals surface area contributed by atoms with Crippen molar-refractivity contribution in [3.63, 3.8) is 0 Å². The minimum atomic E-state index is -0.205. The first-order valence-electron chi connectivity index (χ1n) is 6.80. The van der Waals surface area contributed by atoms with Gasteiger partial charge in [-0.1, -0.05) is 23.2 Å². The third-order valence-corrected chi connectivity index (χ3v) is 3.60. The Balaban J connectivity index is 1.86. The lowest BCUT2D eigenvalue weighted by Gasteiger charge is -2.09. The number of hydrogen-bond donors (Lipinski definition) is 3. The summed E-state index contributed by atoms with van der Waals surface area (Å²) in [5.74, 6) is -0.351. The minimum absolute atomic E-state index is 0.0887. The zero-order valence-corrected chi connectivity index (χ0v) is 13.8. The van der Waals surface area contributed by atoms with E-state index in [2.05, 4.69) is 16.0 Å². The van der Waals surface area contributed by atoms with Crippen molar-refractivity contribution in [2.24, 2.45) is 0 Å². The molecule has 2 amide bonds. The molecule has 0 saturated carbocycles. The number of anilines is 3. The van der Waals surface area contributed by atoms with Crippen LogP contribution < -0.4 is 16.0 Å². The minimum Gasteiger partial charge on any atom is -0.376 e. The Morgan fingerprint density at radius 2 is 1.43 bits per heavy atom. The van der Waals surface area contributed by atoms with Gasteiger partial charge in [-0.3, -0.25) is 9.59 Å². The molecule has 0 heterocycles. The monoisotopic (exact) mass is 351 g/mol. The summed E-state index contributed by atoms with van der Waals surface area (Å²) < 4.78 is 0. The van der Waals surface area contributed by atoms with Crippen LogP contribution in [0.5, 0.6) is 0 Å². The van der Waals surface area contributed by atoms with Gasteiger partial charge >= 0.3 is 0 Å². The number of nitrogens with one attached hydrogen (secondary N) is 3. The molecule has 2 rings (SSSR count). The molecule has 3 N–H and O–H groups in total. The van der Waals surface area contributed by atoms with Crippen LogP contribution in [0.1, 0.15) is 6.92 Å². The highest BCUT2D eigenvalue weighted by molar-refractivity contribution is 6.42. The maximum atomic E-state index is 11.9. The van der Waals surface area contributed by atoms with Crippen LogP contribution in [0.25, 0.3) is 0 Å². The number of rotatable bonds is 5. The lowest BCUT2D eigenvalue weighted by molar-refractivity contribution is -0.115. The van der Waals surface area contributed by atoms with Crippen LogP contribution in [0.2, 0.25) is 10.0 Å². The van der Waals surface area contributed by atoms with Crippen molar-refractivity contribution >= 4 is 52.1 Å². The SMILES string of the molecule is CC(=O)Nc1ccc(NC(=O)CNc2ccc(Cl)c(Cl)c2)cc1. The number of carbonyl (C=O) groups is 2. The van der Waals surface area contributed by atoms with E-state index in [0.29, 0.717) is 27.1 Å². The van der Waals surface area contributed by atoms with Gasteiger partial charge in [-0.05, 0) is 42.5 Å². The third-order valence-electron chi connectivity index (χ3n) is 2.86. The third kappa shape index (κ3) is 5.47. The molecule has 0 aliphatic carbocycles. The molecule has 2 aromatic carbocycles. The zero-order chi connectivity index (χ0) is 16.8. The molecule has 120 valence electrons. The summed E-state index contributed by atoms with van der Waals surface area (Å²) in [6, 6.07) is 11.9. The Morgan fingerprint density at radius 1 is 0.870 bits per heavy atom. The lowest BCUT2D eigenvalue weighted by atomic mass is 10.2. The molecule has 0 saturated heterocycles. The van der Waals surface area contributed by atoms with Crippen LogP contribution in [-0.2, 0) is 9.59 Å². The number of amides is 2. The Bertz CT molecular complexity index is 718. The van der Waals surface area contributed by atoms with Gasteiger partial charge in [0.15, 0.2) is 0 Å². The molecule has 0 spiro atoms. The fourth-order valence-corrected chi connectivity index (χ4v) is 2.13. The molecule has 2 aromatic rings. The summed E-state index contributed by atoms with van der Waals surface area (Å²) in [7, 11) is 0. The number of halogens is 2. The van der Waals surface area contributed by atoms with Crippen molar-refractivity contribution in [3.05, 3.63) is 52.5 Å². The average Bonchev–Trinajstić information content (AvgIpc) is 2.50. The van der Waals surface area contributed by atoms with Crippen molar-refractivity contribution in [1.82, 2.24) is 0 Å². The van der Waals surface area contributed by atoms with Crippen molar-refractivity contribution in [1.29, 1.82) is 0 Å². The van der Waals surface area contributed by atoms with Gasteiger partial charge in [0, 0.05) is 24.0 Å². The first kappa shape index (κ1) is 17.1. The maximum Gasteiger partial charge on any atom is 0.243 e. The maximum absolute atomic E-state index is 11.9. The van der Waals surface area contributed by atoms with Crippen LogP contribution in [0.3, 0.4) is 0 Å². The Hall–Kier alpha value is -2.24. The van der Waals surface area contributed by atoms with Gasteiger partial charge in [-0.2, -0.15) is 0 Å². The number of hydrogen-bond acceptors (Lipinski definition) is 3. The summed E-state index contributed by atoms with van der Waals surface area (Å²) in [6.45, 7) is 1.52. The lowest BCUT2D eigenvalue weighted by Crippen LogP contribution is -2.21. The van der Waals surface area contributed by atoms with E-state index in [0.717, 1.165) is 0 Å². The van der Waals surface area contributed by atoms with E-state index in [1.54, 1.807) is 42.5 Å². The van der Waals surface area contributed by atoms with Crippen LogP contribution in [0.4, 0.5) is 17.1 Å². The molecule has 0 aromatic heterocycles. The molecule has 5 nitrogen and oxygen atoms in total. The molecule has 23 heavy (non-hydrogen) atoms. The van der Waals surface area contributed by atoms with Crippen LogP contribution >= 0.6 is 23.2 Å². The largest absolute Gasteiger partial charge is 0.376 e. The van der Waals surface area contributed by atoms with E-state index in [-0.39, 0.29) is 18.4 Å². The standard InChI is InChI=1S/C16H15Cl2N3O2/c1-10(22)20-11-2-4-12(5-3-11)21-16(23)9-19-13-6-7-14(17)15(18)8-13/h2-8,19H,9H2,1H3,(H,20,22)(H,21,23). The quantitative estimate of drug-likeness (QED) is 0.762. The van der Waals surface area contributed by atoms with Gasteiger partial charge in [-0.25, -0.2) is 0 Å². The van der Waals surface area contributed by atoms with Crippen molar-refractivity contribution in [2.75, 3.05) is 22.5 Å². The van der Waals surface area contributed by atoms with Gasteiger partial charge in [0.1, 0.15) is 0 Å². The van der Waals surface area contributed by atoms with E-state index < -0.39 is 0 Å². The molecule has 0 fully saturated rings. The molecular formula is C16H15Cl2N3O2. The molecule has 0 unspecified atom stereocenters. The van der Waals surface area contributed by atoms with E-state index >= 15 is 0 Å². The van der Waals surface area contributed by atoms with Crippen LogP contribution in [0, 0.1) is 0 Å². The second-order valence-corrected chi connectivity index (χ2v) is 5.60. The Labute approximate surface area is 144 Å². The second-order valence-electron chi connectivity index (χ2n) is 4.79. The second kappa shape index (κ2) is 7.85. The van der Waals surface area contributed by atoms with E-state index in [1.807, 2.05) is 0 Å². The van der Waals surface area contributed by atoms with E-state index in [1.165, 1.54) is 6.92 Å². The molecule has 0 atom stereocenters. The van der Waals surface area contributed by atoms with E-state index in [9.17, 15) is 9.59 Å². The van der Waals surface area contributed by atoms with Gasteiger partial charge in [0.2, 0.25) is 11.8 Å².